The van der Waals surface area contributed by atoms with Gasteiger partial charge in [0.2, 0.25) is 10.0 Å². The van der Waals surface area contributed by atoms with Crippen LogP contribution in [0, 0.1) is 0 Å². The first-order valence-corrected chi connectivity index (χ1v) is 14.1. The van der Waals surface area contributed by atoms with E-state index < -0.39 is 15.9 Å². The molecule has 1 amide bonds. The van der Waals surface area contributed by atoms with Crippen molar-refractivity contribution >= 4 is 32.7 Å². The first-order valence-electron chi connectivity index (χ1n) is 12.2. The number of para-hydroxylation sites is 1. The number of fused-ring (bicyclic) bond motifs is 1. The summed E-state index contributed by atoms with van der Waals surface area (Å²) in [6.07, 6.45) is 7.23. The molecular weight excluding hydrogens is 466 g/mol. The van der Waals surface area contributed by atoms with Gasteiger partial charge in [-0.15, -0.1) is 0 Å². The molecule has 3 fully saturated rings. The van der Waals surface area contributed by atoms with E-state index in [9.17, 15) is 13.2 Å². The molecule has 9 nitrogen and oxygen atoms in total. The molecule has 0 atom stereocenters. The fourth-order valence-corrected chi connectivity index (χ4v) is 5.81. The molecule has 35 heavy (non-hydrogen) atoms. The van der Waals surface area contributed by atoms with Crippen LogP contribution in [-0.2, 0) is 14.8 Å². The minimum absolute atomic E-state index is 0.00976. The van der Waals surface area contributed by atoms with E-state index in [0.29, 0.717) is 11.6 Å². The topological polar surface area (TPSA) is 106 Å². The van der Waals surface area contributed by atoms with Crippen LogP contribution in [-0.4, -0.2) is 60.6 Å². The van der Waals surface area contributed by atoms with Crippen LogP contribution in [0.25, 0.3) is 16.7 Å². The summed E-state index contributed by atoms with van der Waals surface area (Å²) in [7, 11) is -3.73. The highest BCUT2D eigenvalue weighted by Crippen LogP contribution is 2.44. The first-order chi connectivity index (χ1) is 16.8. The molecule has 0 bridgehead atoms. The molecule has 2 saturated heterocycles. The number of hydrogen-bond acceptors (Lipinski definition) is 7. The second-order valence-electron chi connectivity index (χ2n) is 9.96. The molecule has 1 spiro atoms. The zero-order valence-corrected chi connectivity index (χ0v) is 20.6. The van der Waals surface area contributed by atoms with Gasteiger partial charge in [0.05, 0.1) is 40.9 Å². The number of piperidine rings is 1. The Bertz CT molecular complexity index is 1380. The van der Waals surface area contributed by atoms with Gasteiger partial charge in [0.1, 0.15) is 5.69 Å². The maximum absolute atomic E-state index is 12.9. The highest BCUT2D eigenvalue weighted by molar-refractivity contribution is 7.89. The minimum atomic E-state index is -3.73. The Morgan fingerprint density at radius 1 is 1.14 bits per heavy atom. The summed E-state index contributed by atoms with van der Waals surface area (Å²) in [5.74, 6) is -0.387. The number of carbonyl (C=O) groups is 1. The summed E-state index contributed by atoms with van der Waals surface area (Å²) in [6.45, 7) is 2.42. The van der Waals surface area contributed by atoms with Gasteiger partial charge in [-0.2, -0.15) is 5.10 Å². The monoisotopic (exact) mass is 495 g/mol. The fraction of sp³-hybridized carbons (Fsp3) is 0.480. The summed E-state index contributed by atoms with van der Waals surface area (Å²) in [6, 6.07) is 11.5. The largest absolute Gasteiger partial charge is 0.375 e. The summed E-state index contributed by atoms with van der Waals surface area (Å²) in [4.78, 5) is 19.9. The Morgan fingerprint density at radius 3 is 2.43 bits per heavy atom. The van der Waals surface area contributed by atoms with E-state index in [1.54, 1.807) is 10.7 Å². The van der Waals surface area contributed by atoms with E-state index in [2.05, 4.69) is 14.6 Å². The second-order valence-corrected chi connectivity index (χ2v) is 11.7. The van der Waals surface area contributed by atoms with E-state index in [1.165, 1.54) is 6.42 Å². The zero-order valence-electron chi connectivity index (χ0n) is 19.7. The van der Waals surface area contributed by atoms with Crippen molar-refractivity contribution in [3.63, 3.8) is 0 Å². The van der Waals surface area contributed by atoms with Crippen molar-refractivity contribution < 1.29 is 17.9 Å². The molecular formula is C25H29N5O4S. The number of benzene rings is 1. The molecule has 0 unspecified atom stereocenters. The molecule has 1 aromatic carbocycles. The summed E-state index contributed by atoms with van der Waals surface area (Å²) < 4.78 is 33.4. The average molecular weight is 496 g/mol. The lowest BCUT2D eigenvalue weighted by molar-refractivity contribution is -0.158. The summed E-state index contributed by atoms with van der Waals surface area (Å²) in [5.41, 5.74) is 3.39. The van der Waals surface area contributed by atoms with Gasteiger partial charge < -0.3 is 9.64 Å². The number of nitrogens with one attached hydrogen (secondary N) is 1. The van der Waals surface area contributed by atoms with Gasteiger partial charge >= 0.3 is 0 Å². The Hall–Kier alpha value is -2.98. The van der Waals surface area contributed by atoms with Crippen molar-refractivity contribution in [2.75, 3.05) is 30.9 Å². The van der Waals surface area contributed by atoms with Crippen LogP contribution in [0.15, 0.2) is 36.4 Å². The van der Waals surface area contributed by atoms with Crippen LogP contribution in [0.4, 0.5) is 5.69 Å². The van der Waals surface area contributed by atoms with Crippen LogP contribution in [0.3, 0.4) is 0 Å². The van der Waals surface area contributed by atoms with Crippen LogP contribution < -0.4 is 9.62 Å². The molecule has 10 heteroatoms. The first kappa shape index (κ1) is 22.5. The SMILES string of the molecule is CS(=O)(=O)NC(=O)c1cc(N2CCC3(CCO3)CC2)c2c(C3CCC3)nn(-c3ccccc3)c2n1. The standard InChI is InChI=1S/C25H29N5O4S/c1-35(32,33)28-24(31)19-16-20(29-13-10-25(11-14-29)12-15-34-25)21-22(17-6-5-7-17)27-30(23(21)26-19)18-8-3-2-4-9-18/h2-4,8-9,16-17H,5-7,10-15H2,1H3,(H,28,31). The van der Waals surface area contributed by atoms with Gasteiger partial charge in [-0.05, 0) is 50.3 Å². The van der Waals surface area contributed by atoms with Gasteiger partial charge in [-0.1, -0.05) is 24.6 Å². The third-order valence-corrected chi connectivity index (χ3v) is 8.18. The van der Waals surface area contributed by atoms with E-state index in [1.807, 2.05) is 30.3 Å². The summed E-state index contributed by atoms with van der Waals surface area (Å²) >= 11 is 0. The lowest BCUT2D eigenvalue weighted by Gasteiger charge is -2.48. The predicted octanol–water partition coefficient (Wildman–Crippen LogP) is 3.14. The van der Waals surface area contributed by atoms with Gasteiger partial charge in [-0.3, -0.25) is 4.79 Å². The van der Waals surface area contributed by atoms with Crippen molar-refractivity contribution in [2.45, 2.75) is 50.0 Å². The van der Waals surface area contributed by atoms with Gasteiger partial charge in [0.25, 0.3) is 5.91 Å². The highest BCUT2D eigenvalue weighted by atomic mass is 32.2. The number of nitrogens with zero attached hydrogens (tertiary/aromatic N) is 4. The van der Waals surface area contributed by atoms with Gasteiger partial charge in [0.15, 0.2) is 5.65 Å². The van der Waals surface area contributed by atoms with E-state index in [-0.39, 0.29) is 11.3 Å². The number of ether oxygens (including phenoxy) is 1. The third kappa shape index (κ3) is 4.08. The van der Waals surface area contributed by atoms with Crippen LogP contribution in [0.1, 0.15) is 60.6 Å². The van der Waals surface area contributed by atoms with Crippen LogP contribution in [0.2, 0.25) is 0 Å². The normalized spacial score (nSPS) is 20.0. The second kappa shape index (κ2) is 8.30. The molecule has 1 saturated carbocycles. The maximum atomic E-state index is 12.9. The van der Waals surface area contributed by atoms with Crippen molar-refractivity contribution in [1.29, 1.82) is 0 Å². The smallest absolute Gasteiger partial charge is 0.283 e. The summed E-state index contributed by atoms with van der Waals surface area (Å²) in [5, 5.41) is 5.98. The number of anilines is 1. The number of amides is 1. The van der Waals surface area contributed by atoms with Crippen LogP contribution >= 0.6 is 0 Å². The van der Waals surface area contributed by atoms with E-state index >= 15 is 0 Å². The van der Waals surface area contributed by atoms with Crippen LogP contribution in [0.5, 0.6) is 0 Å². The molecule has 1 aliphatic carbocycles. The van der Waals surface area contributed by atoms with Crippen molar-refractivity contribution in [3.05, 3.63) is 47.8 Å². The molecule has 3 aromatic rings. The molecule has 184 valence electrons. The van der Waals surface area contributed by atoms with Crippen molar-refractivity contribution in [1.82, 2.24) is 19.5 Å². The molecule has 2 aromatic heterocycles. The molecule has 2 aliphatic heterocycles. The lowest BCUT2D eigenvalue weighted by atomic mass is 9.81. The third-order valence-electron chi connectivity index (χ3n) is 7.63. The molecule has 3 aliphatic rings. The minimum Gasteiger partial charge on any atom is -0.375 e. The Labute approximate surface area is 204 Å². The molecule has 6 rings (SSSR count). The predicted molar refractivity (Wildman–Crippen MR) is 133 cm³/mol. The van der Waals surface area contributed by atoms with E-state index in [0.717, 1.165) is 80.5 Å². The molecule has 0 radical (unpaired) electrons. The van der Waals surface area contributed by atoms with E-state index in [4.69, 9.17) is 9.84 Å². The lowest BCUT2D eigenvalue weighted by Crippen LogP contribution is -2.52. The molecule has 1 N–H and O–H groups in total. The number of pyridine rings is 1. The maximum Gasteiger partial charge on any atom is 0.283 e. The number of hydrogen-bond donors (Lipinski definition) is 1. The highest BCUT2D eigenvalue weighted by Gasteiger charge is 2.42. The Balaban J connectivity index is 1.53. The number of carbonyl (C=O) groups excluding carboxylic acids is 1. The average Bonchev–Trinajstić information content (AvgIpc) is 3.15. The number of rotatable bonds is 5. The van der Waals surface area contributed by atoms with Gasteiger partial charge in [-0.25, -0.2) is 22.8 Å². The number of sulfonamides is 1. The van der Waals surface area contributed by atoms with Gasteiger partial charge in [0, 0.05) is 19.0 Å². The quantitative estimate of drug-likeness (QED) is 0.580. The van der Waals surface area contributed by atoms with Crippen molar-refractivity contribution in [2.24, 2.45) is 0 Å². The zero-order chi connectivity index (χ0) is 24.2. The Kier molecular flexibility index (Phi) is 5.33. The Morgan fingerprint density at radius 2 is 1.86 bits per heavy atom. The number of aromatic nitrogens is 3. The van der Waals surface area contributed by atoms with Crippen molar-refractivity contribution in [3.8, 4) is 5.69 Å². The fourth-order valence-electron chi connectivity index (χ4n) is 5.37. The molecule has 4 heterocycles.